The lowest BCUT2D eigenvalue weighted by Gasteiger charge is -2.52. The number of likely N-dealkylation sites (tertiary alicyclic amines) is 1. The van der Waals surface area contributed by atoms with Crippen molar-refractivity contribution in [3.05, 3.63) is 59.0 Å². The number of pyridine rings is 1. The Morgan fingerprint density at radius 3 is 2.38 bits per heavy atom. The molecule has 2 aliphatic rings. The zero-order chi connectivity index (χ0) is 24.6. The van der Waals surface area contributed by atoms with Crippen molar-refractivity contribution < 1.29 is 23.1 Å². The standard InChI is InChI=1S/C26H31F3N2O3/c1-19(16-26(27,28)29)23(33)31-14-12-25(34,24(17-31)10-5-6-11-24)18-30-13-9-21(15-22(30)32)20-7-3-2-4-8-20/h2-4,7-9,13,15,19,34H,5-6,10-12,14,16-18H2,1H3/t19-,25?/m1/s1. The van der Waals surface area contributed by atoms with Crippen LogP contribution in [0.1, 0.15) is 45.4 Å². The van der Waals surface area contributed by atoms with Crippen LogP contribution in [0.25, 0.3) is 11.1 Å². The molecular formula is C26H31F3N2O3. The molecule has 1 saturated heterocycles. The van der Waals surface area contributed by atoms with Crippen molar-refractivity contribution in [2.24, 2.45) is 11.3 Å². The topological polar surface area (TPSA) is 62.5 Å². The van der Waals surface area contributed by atoms with E-state index in [2.05, 4.69) is 0 Å². The fourth-order valence-electron chi connectivity index (χ4n) is 5.76. The van der Waals surface area contributed by atoms with Crippen LogP contribution < -0.4 is 5.56 Å². The van der Waals surface area contributed by atoms with Gasteiger partial charge in [-0.3, -0.25) is 9.59 Å². The zero-order valence-electron chi connectivity index (χ0n) is 19.4. The number of amides is 1. The van der Waals surface area contributed by atoms with E-state index in [1.54, 1.807) is 12.3 Å². The summed E-state index contributed by atoms with van der Waals surface area (Å²) in [6.07, 6.45) is -0.519. The van der Waals surface area contributed by atoms with Gasteiger partial charge in [-0.1, -0.05) is 50.1 Å². The Bertz CT molecular complexity index is 1080. The van der Waals surface area contributed by atoms with Crippen LogP contribution in [0.2, 0.25) is 0 Å². The number of rotatable bonds is 5. The molecule has 1 aromatic carbocycles. The van der Waals surface area contributed by atoms with E-state index in [1.807, 2.05) is 36.4 Å². The number of hydrogen-bond acceptors (Lipinski definition) is 3. The summed E-state index contributed by atoms with van der Waals surface area (Å²) in [4.78, 5) is 27.2. The first-order valence-corrected chi connectivity index (χ1v) is 11.9. The SMILES string of the molecule is C[C@H](CC(F)(F)F)C(=O)N1CCC(O)(Cn2ccc(-c3ccccc3)cc2=O)C2(CCCC2)C1. The first kappa shape index (κ1) is 24.5. The minimum atomic E-state index is -4.40. The van der Waals surface area contributed by atoms with Gasteiger partial charge in [0, 0.05) is 36.7 Å². The van der Waals surface area contributed by atoms with Gasteiger partial charge in [-0.25, -0.2) is 0 Å². The summed E-state index contributed by atoms with van der Waals surface area (Å²) >= 11 is 0. The summed E-state index contributed by atoms with van der Waals surface area (Å²) in [5, 5.41) is 11.8. The summed E-state index contributed by atoms with van der Waals surface area (Å²) in [6.45, 7) is 1.81. The molecule has 1 amide bonds. The zero-order valence-corrected chi connectivity index (χ0v) is 19.4. The number of carbonyl (C=O) groups excluding carboxylic acids is 1. The molecule has 8 heteroatoms. The minimum Gasteiger partial charge on any atom is -0.387 e. The summed E-state index contributed by atoms with van der Waals surface area (Å²) in [6, 6.07) is 13.0. The fraction of sp³-hybridized carbons (Fsp3) is 0.538. The van der Waals surface area contributed by atoms with Crippen molar-refractivity contribution in [1.29, 1.82) is 0 Å². The average molecular weight is 477 g/mol. The predicted octanol–water partition coefficient (Wildman–Crippen LogP) is 4.63. The van der Waals surface area contributed by atoms with Crippen LogP contribution in [-0.2, 0) is 11.3 Å². The van der Waals surface area contributed by atoms with Gasteiger partial charge in [0.2, 0.25) is 5.91 Å². The van der Waals surface area contributed by atoms with Crippen LogP contribution in [0.4, 0.5) is 13.2 Å². The highest BCUT2D eigenvalue weighted by Gasteiger charge is 2.56. The number of alkyl halides is 3. The van der Waals surface area contributed by atoms with Gasteiger partial charge < -0.3 is 14.6 Å². The lowest BCUT2D eigenvalue weighted by molar-refractivity contribution is -0.172. The maximum atomic E-state index is 12.9. The number of piperidine rings is 1. The molecule has 4 rings (SSSR count). The first-order valence-electron chi connectivity index (χ1n) is 11.9. The lowest BCUT2D eigenvalue weighted by atomic mass is 9.65. The molecule has 0 bridgehead atoms. The number of benzene rings is 1. The Labute approximate surface area is 197 Å². The van der Waals surface area contributed by atoms with Crippen LogP contribution in [-0.4, -0.2) is 45.3 Å². The maximum Gasteiger partial charge on any atom is 0.389 e. The predicted molar refractivity (Wildman–Crippen MR) is 123 cm³/mol. The first-order chi connectivity index (χ1) is 16.0. The highest BCUT2D eigenvalue weighted by Crippen LogP contribution is 2.51. The molecule has 2 aromatic rings. The van der Waals surface area contributed by atoms with E-state index in [9.17, 15) is 27.9 Å². The van der Waals surface area contributed by atoms with Crippen LogP contribution in [0, 0.1) is 11.3 Å². The molecule has 1 aliphatic carbocycles. The summed E-state index contributed by atoms with van der Waals surface area (Å²) in [5.41, 5.74) is -0.344. The van der Waals surface area contributed by atoms with Crippen LogP contribution in [0.3, 0.4) is 0 Å². The van der Waals surface area contributed by atoms with Crippen molar-refractivity contribution in [2.75, 3.05) is 13.1 Å². The molecule has 2 fully saturated rings. The van der Waals surface area contributed by atoms with Gasteiger partial charge in [-0.05, 0) is 36.5 Å². The fourth-order valence-corrected chi connectivity index (χ4v) is 5.76. The van der Waals surface area contributed by atoms with E-state index in [1.165, 1.54) is 16.4 Å². The van der Waals surface area contributed by atoms with E-state index in [0.717, 1.165) is 24.0 Å². The molecule has 184 valence electrons. The van der Waals surface area contributed by atoms with Crippen molar-refractivity contribution in [3.8, 4) is 11.1 Å². The maximum absolute atomic E-state index is 12.9. The van der Waals surface area contributed by atoms with Crippen LogP contribution in [0.15, 0.2) is 53.5 Å². The van der Waals surface area contributed by atoms with Gasteiger partial charge in [0.1, 0.15) is 0 Å². The quantitative estimate of drug-likeness (QED) is 0.685. The molecule has 1 saturated carbocycles. The summed E-state index contributed by atoms with van der Waals surface area (Å²) in [7, 11) is 0. The number of nitrogens with zero attached hydrogens (tertiary/aromatic N) is 2. The molecule has 1 spiro atoms. The molecule has 0 radical (unpaired) electrons. The molecule has 2 heterocycles. The van der Waals surface area contributed by atoms with Gasteiger partial charge in [-0.15, -0.1) is 0 Å². The molecule has 1 N–H and O–H groups in total. The molecule has 1 aliphatic heterocycles. The van der Waals surface area contributed by atoms with E-state index in [-0.39, 0.29) is 31.6 Å². The third-order valence-corrected chi connectivity index (χ3v) is 7.64. The average Bonchev–Trinajstić information content (AvgIpc) is 3.26. The molecule has 1 unspecified atom stereocenters. The Balaban J connectivity index is 1.55. The number of aromatic nitrogens is 1. The van der Waals surface area contributed by atoms with Crippen molar-refractivity contribution in [2.45, 2.75) is 63.8 Å². The van der Waals surface area contributed by atoms with Crippen LogP contribution >= 0.6 is 0 Å². The minimum absolute atomic E-state index is 0.0983. The van der Waals surface area contributed by atoms with E-state index in [4.69, 9.17) is 0 Å². The van der Waals surface area contributed by atoms with Gasteiger partial charge in [0.15, 0.2) is 0 Å². The second kappa shape index (κ2) is 9.21. The number of halogens is 3. The number of aliphatic hydroxyl groups is 1. The third kappa shape index (κ3) is 4.92. The van der Waals surface area contributed by atoms with Gasteiger partial charge in [0.25, 0.3) is 5.56 Å². The highest BCUT2D eigenvalue weighted by atomic mass is 19.4. The van der Waals surface area contributed by atoms with Gasteiger partial charge in [-0.2, -0.15) is 13.2 Å². The second-order valence-electron chi connectivity index (χ2n) is 10.00. The number of hydrogen-bond donors (Lipinski definition) is 1. The molecule has 1 aromatic heterocycles. The van der Waals surface area contributed by atoms with Crippen molar-refractivity contribution >= 4 is 5.91 Å². The third-order valence-electron chi connectivity index (χ3n) is 7.64. The van der Waals surface area contributed by atoms with Gasteiger partial charge >= 0.3 is 6.18 Å². The van der Waals surface area contributed by atoms with E-state index < -0.39 is 35.4 Å². The normalized spacial score (nSPS) is 23.3. The number of carbonyl (C=O) groups is 1. The second-order valence-corrected chi connectivity index (χ2v) is 10.00. The van der Waals surface area contributed by atoms with Gasteiger partial charge in [0.05, 0.1) is 18.6 Å². The lowest BCUT2D eigenvalue weighted by Crippen LogP contribution is -2.62. The molecule has 5 nitrogen and oxygen atoms in total. The molecule has 2 atom stereocenters. The van der Waals surface area contributed by atoms with Crippen LogP contribution in [0.5, 0.6) is 0 Å². The highest BCUT2D eigenvalue weighted by molar-refractivity contribution is 5.78. The summed E-state index contributed by atoms with van der Waals surface area (Å²) < 4.78 is 40.0. The Morgan fingerprint density at radius 1 is 1.09 bits per heavy atom. The Hall–Kier alpha value is -2.61. The van der Waals surface area contributed by atoms with Crippen molar-refractivity contribution in [1.82, 2.24) is 9.47 Å². The smallest absolute Gasteiger partial charge is 0.387 e. The summed E-state index contributed by atoms with van der Waals surface area (Å²) in [5.74, 6) is -1.67. The largest absolute Gasteiger partial charge is 0.389 e. The van der Waals surface area contributed by atoms with E-state index >= 15 is 0 Å². The molecular weight excluding hydrogens is 445 g/mol. The monoisotopic (exact) mass is 476 g/mol. The molecule has 34 heavy (non-hydrogen) atoms. The Kier molecular flexibility index (Phi) is 6.64. The Morgan fingerprint density at radius 2 is 1.76 bits per heavy atom. The van der Waals surface area contributed by atoms with Crippen molar-refractivity contribution in [3.63, 3.8) is 0 Å². The van der Waals surface area contributed by atoms with E-state index in [0.29, 0.717) is 12.8 Å².